The van der Waals surface area contributed by atoms with Crippen LogP contribution in [0.4, 0.5) is 5.69 Å². The van der Waals surface area contributed by atoms with E-state index in [9.17, 15) is 4.79 Å². The molecule has 4 aromatic rings. The van der Waals surface area contributed by atoms with E-state index in [0.29, 0.717) is 39.5 Å². The maximum atomic E-state index is 12.3. The highest BCUT2D eigenvalue weighted by Gasteiger charge is 2.12. The van der Waals surface area contributed by atoms with E-state index < -0.39 is 0 Å². The Morgan fingerprint density at radius 3 is 2.68 bits per heavy atom. The van der Waals surface area contributed by atoms with Gasteiger partial charge < -0.3 is 19.3 Å². The third-order valence-corrected chi connectivity index (χ3v) is 4.58. The molecule has 31 heavy (non-hydrogen) atoms. The Labute approximate surface area is 183 Å². The Kier molecular flexibility index (Phi) is 6.14. The van der Waals surface area contributed by atoms with Crippen molar-refractivity contribution >= 4 is 23.2 Å². The van der Waals surface area contributed by atoms with Gasteiger partial charge in [-0.1, -0.05) is 47.1 Å². The summed E-state index contributed by atoms with van der Waals surface area (Å²) in [5, 5.41) is 7.37. The number of hydrogen-bond acceptors (Lipinski definition) is 6. The second-order valence-corrected chi connectivity index (χ2v) is 6.93. The van der Waals surface area contributed by atoms with Crippen molar-refractivity contribution in [3.8, 4) is 34.3 Å². The first-order chi connectivity index (χ1) is 15.1. The molecule has 1 amide bonds. The van der Waals surface area contributed by atoms with Gasteiger partial charge in [-0.15, -0.1) is 0 Å². The zero-order valence-corrected chi connectivity index (χ0v) is 17.3. The molecule has 0 fully saturated rings. The summed E-state index contributed by atoms with van der Waals surface area (Å²) < 4.78 is 16.2. The highest BCUT2D eigenvalue weighted by molar-refractivity contribution is 6.30. The molecule has 1 heterocycles. The lowest BCUT2D eigenvalue weighted by Gasteiger charge is -2.10. The lowest BCUT2D eigenvalue weighted by Crippen LogP contribution is -2.20. The van der Waals surface area contributed by atoms with Gasteiger partial charge in [-0.3, -0.25) is 4.79 Å². The summed E-state index contributed by atoms with van der Waals surface area (Å²) in [4.78, 5) is 16.7. The van der Waals surface area contributed by atoms with Crippen LogP contribution < -0.4 is 14.8 Å². The number of anilines is 1. The average molecular weight is 436 g/mol. The molecule has 0 saturated carbocycles. The Hall–Kier alpha value is -3.84. The fourth-order valence-corrected chi connectivity index (χ4v) is 3.08. The van der Waals surface area contributed by atoms with Crippen LogP contribution in [0.3, 0.4) is 0 Å². The average Bonchev–Trinajstić information content (AvgIpc) is 3.29. The first kappa shape index (κ1) is 20.4. The van der Waals surface area contributed by atoms with Crippen LogP contribution in [0.5, 0.6) is 11.5 Å². The van der Waals surface area contributed by atoms with Crippen LogP contribution in [0.1, 0.15) is 0 Å². The van der Waals surface area contributed by atoms with Crippen LogP contribution in [0.15, 0.2) is 77.3 Å². The summed E-state index contributed by atoms with van der Waals surface area (Å²) in [6, 6.07) is 21.4. The SMILES string of the molecule is COc1ccccc1NC(=O)COc1cccc(-c2noc(-c3cccc(Cl)c3)n2)c1. The molecule has 1 N–H and O–H groups in total. The number of aromatic nitrogens is 2. The van der Waals surface area contributed by atoms with Crippen LogP contribution in [0.2, 0.25) is 5.02 Å². The summed E-state index contributed by atoms with van der Waals surface area (Å²) in [6.07, 6.45) is 0. The van der Waals surface area contributed by atoms with Crippen molar-refractivity contribution < 1.29 is 18.8 Å². The van der Waals surface area contributed by atoms with Crippen LogP contribution in [-0.4, -0.2) is 29.8 Å². The molecule has 0 bridgehead atoms. The molecule has 7 nitrogen and oxygen atoms in total. The topological polar surface area (TPSA) is 86.5 Å². The van der Waals surface area contributed by atoms with Gasteiger partial charge in [-0.05, 0) is 42.5 Å². The summed E-state index contributed by atoms with van der Waals surface area (Å²) >= 11 is 6.02. The lowest BCUT2D eigenvalue weighted by molar-refractivity contribution is -0.118. The van der Waals surface area contributed by atoms with E-state index in [-0.39, 0.29) is 12.5 Å². The summed E-state index contributed by atoms with van der Waals surface area (Å²) in [5.74, 6) is 1.53. The molecule has 1 aromatic heterocycles. The number of halogens is 1. The minimum atomic E-state index is -0.308. The Bertz CT molecular complexity index is 1210. The van der Waals surface area contributed by atoms with Crippen LogP contribution in [0, 0.1) is 0 Å². The molecule has 0 spiro atoms. The molecule has 4 rings (SSSR count). The van der Waals surface area contributed by atoms with Crippen LogP contribution in [-0.2, 0) is 4.79 Å². The smallest absolute Gasteiger partial charge is 0.262 e. The van der Waals surface area contributed by atoms with Gasteiger partial charge in [0.05, 0.1) is 12.8 Å². The monoisotopic (exact) mass is 435 g/mol. The third kappa shape index (κ3) is 5.02. The predicted molar refractivity (Wildman–Crippen MR) is 117 cm³/mol. The van der Waals surface area contributed by atoms with Gasteiger partial charge >= 0.3 is 0 Å². The van der Waals surface area contributed by atoms with Crippen molar-refractivity contribution in [2.45, 2.75) is 0 Å². The summed E-state index contributed by atoms with van der Waals surface area (Å²) in [5.41, 5.74) is 2.00. The third-order valence-electron chi connectivity index (χ3n) is 4.34. The van der Waals surface area contributed by atoms with E-state index in [1.807, 2.05) is 30.3 Å². The van der Waals surface area contributed by atoms with Gasteiger partial charge in [0, 0.05) is 16.1 Å². The van der Waals surface area contributed by atoms with E-state index in [1.165, 1.54) is 0 Å². The number of benzene rings is 3. The van der Waals surface area contributed by atoms with Crippen molar-refractivity contribution in [1.29, 1.82) is 0 Å². The van der Waals surface area contributed by atoms with E-state index in [0.717, 1.165) is 5.56 Å². The van der Waals surface area contributed by atoms with Gasteiger partial charge in [-0.25, -0.2) is 0 Å². The fraction of sp³-hybridized carbons (Fsp3) is 0.0870. The van der Waals surface area contributed by atoms with Crippen molar-refractivity contribution in [2.24, 2.45) is 0 Å². The van der Waals surface area contributed by atoms with Gasteiger partial charge in [-0.2, -0.15) is 4.98 Å². The number of ether oxygens (including phenoxy) is 2. The van der Waals surface area contributed by atoms with Crippen molar-refractivity contribution in [3.63, 3.8) is 0 Å². The second kappa shape index (κ2) is 9.32. The highest BCUT2D eigenvalue weighted by Crippen LogP contribution is 2.26. The second-order valence-electron chi connectivity index (χ2n) is 6.50. The number of carbonyl (C=O) groups excluding carboxylic acids is 1. The molecule has 0 atom stereocenters. The van der Waals surface area contributed by atoms with Gasteiger partial charge in [0.1, 0.15) is 11.5 Å². The molecule has 0 aliphatic carbocycles. The van der Waals surface area contributed by atoms with E-state index >= 15 is 0 Å². The van der Waals surface area contributed by atoms with Gasteiger partial charge in [0.25, 0.3) is 11.8 Å². The van der Waals surface area contributed by atoms with E-state index in [1.54, 1.807) is 49.6 Å². The number of nitrogens with one attached hydrogen (secondary N) is 1. The number of amides is 1. The quantitative estimate of drug-likeness (QED) is 0.435. The summed E-state index contributed by atoms with van der Waals surface area (Å²) in [6.45, 7) is -0.165. The largest absolute Gasteiger partial charge is 0.495 e. The van der Waals surface area contributed by atoms with Crippen LogP contribution >= 0.6 is 11.6 Å². The zero-order chi connectivity index (χ0) is 21.6. The predicted octanol–water partition coefficient (Wildman–Crippen LogP) is 5.08. The number of hydrogen-bond donors (Lipinski definition) is 1. The maximum absolute atomic E-state index is 12.3. The molecule has 0 unspecified atom stereocenters. The Morgan fingerprint density at radius 1 is 1.03 bits per heavy atom. The number of nitrogens with zero attached hydrogens (tertiary/aromatic N) is 2. The highest BCUT2D eigenvalue weighted by atomic mass is 35.5. The normalized spacial score (nSPS) is 10.5. The molecule has 0 saturated heterocycles. The summed E-state index contributed by atoms with van der Waals surface area (Å²) in [7, 11) is 1.54. The number of methoxy groups -OCH3 is 1. The number of rotatable bonds is 7. The zero-order valence-electron chi connectivity index (χ0n) is 16.5. The van der Waals surface area contributed by atoms with E-state index in [4.69, 9.17) is 25.6 Å². The first-order valence-corrected chi connectivity index (χ1v) is 9.76. The fourth-order valence-electron chi connectivity index (χ4n) is 2.89. The van der Waals surface area contributed by atoms with E-state index in [2.05, 4.69) is 15.5 Å². The molecule has 0 radical (unpaired) electrons. The minimum Gasteiger partial charge on any atom is -0.495 e. The maximum Gasteiger partial charge on any atom is 0.262 e. The van der Waals surface area contributed by atoms with Gasteiger partial charge in [0.15, 0.2) is 6.61 Å². The van der Waals surface area contributed by atoms with Crippen molar-refractivity contribution in [3.05, 3.63) is 77.8 Å². The molecule has 156 valence electrons. The van der Waals surface area contributed by atoms with Gasteiger partial charge in [0.2, 0.25) is 5.82 Å². The minimum absolute atomic E-state index is 0.165. The Morgan fingerprint density at radius 2 is 1.84 bits per heavy atom. The van der Waals surface area contributed by atoms with Crippen molar-refractivity contribution in [1.82, 2.24) is 10.1 Å². The first-order valence-electron chi connectivity index (χ1n) is 9.38. The number of carbonyl (C=O) groups is 1. The molecule has 0 aliphatic rings. The molecular formula is C23H18ClN3O4. The molecular weight excluding hydrogens is 418 g/mol. The lowest BCUT2D eigenvalue weighted by atomic mass is 10.2. The molecule has 8 heteroatoms. The molecule has 3 aromatic carbocycles. The van der Waals surface area contributed by atoms with Crippen LogP contribution in [0.25, 0.3) is 22.8 Å². The molecule has 0 aliphatic heterocycles. The Balaban J connectivity index is 1.42. The van der Waals surface area contributed by atoms with Crippen molar-refractivity contribution in [2.75, 3.05) is 19.0 Å². The number of para-hydroxylation sites is 2. The standard InChI is InChI=1S/C23H18ClN3O4/c1-29-20-11-3-2-10-19(20)25-21(28)14-30-18-9-5-6-15(13-18)22-26-23(31-27-22)16-7-4-8-17(24)12-16/h2-13H,14H2,1H3,(H,25,28).